The predicted octanol–water partition coefficient (Wildman–Crippen LogP) is 2.05. The smallest absolute Gasteiger partial charge is 0.247 e. The Bertz CT molecular complexity index is 497. The summed E-state index contributed by atoms with van der Waals surface area (Å²) in [4.78, 5) is 25.8. The van der Waals surface area contributed by atoms with E-state index in [0.717, 1.165) is 11.3 Å². The molecule has 1 aromatic carbocycles. The fourth-order valence-corrected chi connectivity index (χ4v) is 2.52. The van der Waals surface area contributed by atoms with E-state index in [1.165, 1.54) is 0 Å². The van der Waals surface area contributed by atoms with Crippen LogP contribution in [0.4, 0.5) is 5.69 Å². The van der Waals surface area contributed by atoms with Gasteiger partial charge in [0.15, 0.2) is 0 Å². The van der Waals surface area contributed by atoms with Gasteiger partial charge >= 0.3 is 0 Å². The first-order valence-electron chi connectivity index (χ1n) is 6.75. The maximum Gasteiger partial charge on any atom is 0.247 e. The van der Waals surface area contributed by atoms with Crippen molar-refractivity contribution in [2.24, 2.45) is 0 Å². The van der Waals surface area contributed by atoms with E-state index in [9.17, 15) is 9.59 Å². The summed E-state index contributed by atoms with van der Waals surface area (Å²) >= 11 is 0. The Hall–Kier alpha value is -1.84. The minimum absolute atomic E-state index is 0.0421. The van der Waals surface area contributed by atoms with E-state index in [0.29, 0.717) is 12.3 Å². The molecule has 1 unspecified atom stereocenters. The summed E-state index contributed by atoms with van der Waals surface area (Å²) in [6.45, 7) is 6.19. The minimum atomic E-state index is -0.402. The van der Waals surface area contributed by atoms with Gasteiger partial charge in [-0.05, 0) is 24.0 Å². The van der Waals surface area contributed by atoms with E-state index >= 15 is 0 Å². The summed E-state index contributed by atoms with van der Waals surface area (Å²) in [6, 6.07) is 7.42. The normalized spacial score (nSPS) is 19.8. The first-order valence-corrected chi connectivity index (χ1v) is 6.75. The lowest BCUT2D eigenvalue weighted by Gasteiger charge is -2.36. The molecule has 0 bridgehead atoms. The molecule has 0 spiro atoms. The van der Waals surface area contributed by atoms with E-state index in [1.54, 1.807) is 4.90 Å². The molecule has 1 aliphatic heterocycles. The highest BCUT2D eigenvalue weighted by Crippen LogP contribution is 2.30. The van der Waals surface area contributed by atoms with E-state index in [4.69, 9.17) is 0 Å². The average molecular weight is 260 g/mol. The number of carbonyl (C=O) groups is 2. The third-order valence-corrected chi connectivity index (χ3v) is 3.50. The largest absolute Gasteiger partial charge is 0.345 e. The summed E-state index contributed by atoms with van der Waals surface area (Å²) in [7, 11) is 0. The number of carbonyl (C=O) groups excluding carboxylic acids is 2. The Balaban J connectivity index is 2.48. The summed E-state index contributed by atoms with van der Waals surface area (Å²) in [5, 5.41) is 2.65. The second kappa shape index (κ2) is 5.43. The Morgan fingerprint density at radius 2 is 2.00 bits per heavy atom. The van der Waals surface area contributed by atoms with Crippen LogP contribution in [0, 0.1) is 0 Å². The third-order valence-electron chi connectivity index (χ3n) is 3.50. The fraction of sp³-hybridized carbons (Fsp3) is 0.467. The number of benzene rings is 1. The summed E-state index contributed by atoms with van der Waals surface area (Å²) < 4.78 is 0. The van der Waals surface area contributed by atoms with Gasteiger partial charge in [-0.1, -0.05) is 39.0 Å². The Morgan fingerprint density at radius 1 is 1.32 bits per heavy atom. The molecule has 0 aromatic heterocycles. The van der Waals surface area contributed by atoms with Crippen LogP contribution in [0.2, 0.25) is 0 Å². The van der Waals surface area contributed by atoms with E-state index in [1.807, 2.05) is 31.2 Å². The monoisotopic (exact) mass is 260 g/mol. The quantitative estimate of drug-likeness (QED) is 0.904. The number of piperazine rings is 1. The topological polar surface area (TPSA) is 49.4 Å². The highest BCUT2D eigenvalue weighted by Gasteiger charge is 2.35. The van der Waals surface area contributed by atoms with Crippen molar-refractivity contribution in [3.63, 3.8) is 0 Å². The lowest BCUT2D eigenvalue weighted by Crippen LogP contribution is -2.58. The Labute approximate surface area is 113 Å². The number of para-hydroxylation sites is 1. The number of nitrogens with one attached hydrogen (secondary N) is 1. The maximum absolute atomic E-state index is 12.2. The molecule has 0 saturated carbocycles. The fourth-order valence-electron chi connectivity index (χ4n) is 2.52. The first-order chi connectivity index (χ1) is 9.06. The van der Waals surface area contributed by atoms with Gasteiger partial charge in [0.1, 0.15) is 6.04 Å². The average Bonchev–Trinajstić information content (AvgIpc) is 2.41. The van der Waals surface area contributed by atoms with Crippen LogP contribution in [0.25, 0.3) is 0 Å². The van der Waals surface area contributed by atoms with Gasteiger partial charge in [0.25, 0.3) is 0 Å². The lowest BCUT2D eigenvalue weighted by atomic mass is 9.98. The van der Waals surface area contributed by atoms with Crippen LogP contribution < -0.4 is 10.2 Å². The summed E-state index contributed by atoms with van der Waals surface area (Å²) in [5.74, 6) is 0.201. The van der Waals surface area contributed by atoms with Gasteiger partial charge in [-0.25, -0.2) is 0 Å². The van der Waals surface area contributed by atoms with Crippen molar-refractivity contribution in [1.82, 2.24) is 5.32 Å². The molecular weight excluding hydrogens is 240 g/mol. The van der Waals surface area contributed by atoms with Crippen LogP contribution in [-0.2, 0) is 9.59 Å². The van der Waals surface area contributed by atoms with Crippen LogP contribution in [0.15, 0.2) is 24.3 Å². The van der Waals surface area contributed by atoms with Gasteiger partial charge < -0.3 is 5.32 Å². The van der Waals surface area contributed by atoms with E-state index in [-0.39, 0.29) is 18.4 Å². The molecule has 1 atom stereocenters. The minimum Gasteiger partial charge on any atom is -0.345 e. The molecule has 1 aromatic rings. The SMILES string of the molecule is CCC1C(=O)NCC(=O)N1c1ccccc1C(C)C. The number of hydrogen-bond acceptors (Lipinski definition) is 2. The Morgan fingerprint density at radius 3 is 2.63 bits per heavy atom. The molecule has 1 fully saturated rings. The molecule has 102 valence electrons. The zero-order chi connectivity index (χ0) is 14.0. The lowest BCUT2D eigenvalue weighted by molar-refractivity contribution is -0.131. The number of amides is 2. The van der Waals surface area contributed by atoms with Crippen molar-refractivity contribution in [3.05, 3.63) is 29.8 Å². The van der Waals surface area contributed by atoms with Crippen molar-refractivity contribution < 1.29 is 9.59 Å². The van der Waals surface area contributed by atoms with Crippen molar-refractivity contribution in [1.29, 1.82) is 0 Å². The highest BCUT2D eigenvalue weighted by atomic mass is 16.2. The second-order valence-corrected chi connectivity index (χ2v) is 5.12. The molecule has 1 saturated heterocycles. The van der Waals surface area contributed by atoms with Gasteiger partial charge in [0, 0.05) is 5.69 Å². The summed E-state index contributed by atoms with van der Waals surface area (Å²) in [5.41, 5.74) is 1.97. The first kappa shape index (κ1) is 13.6. The maximum atomic E-state index is 12.2. The predicted molar refractivity (Wildman–Crippen MR) is 75.1 cm³/mol. The molecule has 0 radical (unpaired) electrons. The molecule has 1 aliphatic rings. The molecule has 0 aliphatic carbocycles. The molecule has 2 amide bonds. The van der Waals surface area contributed by atoms with Crippen molar-refractivity contribution >= 4 is 17.5 Å². The second-order valence-electron chi connectivity index (χ2n) is 5.12. The van der Waals surface area contributed by atoms with Crippen molar-refractivity contribution in [2.75, 3.05) is 11.4 Å². The molecule has 1 heterocycles. The van der Waals surface area contributed by atoms with Crippen LogP contribution in [0.1, 0.15) is 38.7 Å². The van der Waals surface area contributed by atoms with Crippen LogP contribution in [-0.4, -0.2) is 24.4 Å². The van der Waals surface area contributed by atoms with Gasteiger partial charge in [0.2, 0.25) is 11.8 Å². The van der Waals surface area contributed by atoms with E-state index < -0.39 is 6.04 Å². The van der Waals surface area contributed by atoms with Crippen molar-refractivity contribution in [3.8, 4) is 0 Å². The Kier molecular flexibility index (Phi) is 3.88. The zero-order valence-corrected chi connectivity index (χ0v) is 11.6. The van der Waals surface area contributed by atoms with Crippen LogP contribution in [0.3, 0.4) is 0 Å². The highest BCUT2D eigenvalue weighted by molar-refractivity contribution is 6.06. The third kappa shape index (κ3) is 2.48. The van der Waals surface area contributed by atoms with Gasteiger partial charge in [-0.2, -0.15) is 0 Å². The van der Waals surface area contributed by atoms with Gasteiger partial charge in [-0.3, -0.25) is 14.5 Å². The summed E-state index contributed by atoms with van der Waals surface area (Å²) in [6.07, 6.45) is 0.615. The molecular formula is C15H20N2O2. The molecule has 2 rings (SSSR count). The molecule has 4 nitrogen and oxygen atoms in total. The number of nitrogens with zero attached hydrogens (tertiary/aromatic N) is 1. The molecule has 19 heavy (non-hydrogen) atoms. The number of hydrogen-bond donors (Lipinski definition) is 1. The molecule has 4 heteroatoms. The van der Waals surface area contributed by atoms with Crippen LogP contribution >= 0.6 is 0 Å². The van der Waals surface area contributed by atoms with Gasteiger partial charge in [0.05, 0.1) is 6.54 Å². The number of rotatable bonds is 3. The number of anilines is 1. The van der Waals surface area contributed by atoms with Crippen molar-refractivity contribution in [2.45, 2.75) is 39.2 Å². The van der Waals surface area contributed by atoms with Gasteiger partial charge in [-0.15, -0.1) is 0 Å². The zero-order valence-electron chi connectivity index (χ0n) is 11.6. The standard InChI is InChI=1S/C15H20N2O2/c1-4-12-15(19)16-9-14(18)17(12)13-8-6-5-7-11(13)10(2)3/h5-8,10,12H,4,9H2,1-3H3,(H,16,19). The van der Waals surface area contributed by atoms with Crippen LogP contribution in [0.5, 0.6) is 0 Å². The molecule has 1 N–H and O–H groups in total. The van der Waals surface area contributed by atoms with E-state index in [2.05, 4.69) is 19.2 Å².